The zero-order valence-corrected chi connectivity index (χ0v) is 8.68. The van der Waals surface area contributed by atoms with Gasteiger partial charge in [-0.05, 0) is 19.9 Å². The molecular formula is C11H16N2O. The first kappa shape index (κ1) is 9.46. The number of likely N-dealkylation sites (tertiary alicyclic amines) is 1. The van der Waals surface area contributed by atoms with Crippen molar-refractivity contribution in [2.75, 3.05) is 13.1 Å². The van der Waals surface area contributed by atoms with E-state index >= 15 is 0 Å². The van der Waals surface area contributed by atoms with Gasteiger partial charge < -0.3 is 4.74 Å². The summed E-state index contributed by atoms with van der Waals surface area (Å²) in [5.74, 6) is 0.737. The van der Waals surface area contributed by atoms with Gasteiger partial charge in [-0.3, -0.25) is 4.90 Å². The van der Waals surface area contributed by atoms with Crippen LogP contribution in [0.25, 0.3) is 0 Å². The van der Waals surface area contributed by atoms with Crippen molar-refractivity contribution < 1.29 is 4.74 Å². The van der Waals surface area contributed by atoms with Crippen molar-refractivity contribution in [1.29, 1.82) is 0 Å². The zero-order valence-electron chi connectivity index (χ0n) is 8.68. The molecule has 0 radical (unpaired) electrons. The van der Waals surface area contributed by atoms with Crippen LogP contribution in [0.4, 0.5) is 0 Å². The second-order valence-corrected chi connectivity index (χ2v) is 3.96. The molecule has 0 saturated carbocycles. The molecular weight excluding hydrogens is 176 g/mol. The molecule has 0 spiro atoms. The highest BCUT2D eigenvalue weighted by Gasteiger charge is 2.30. The lowest BCUT2D eigenvalue weighted by Gasteiger charge is -2.41. The van der Waals surface area contributed by atoms with Gasteiger partial charge in [0.25, 0.3) is 0 Å². The molecule has 3 heteroatoms. The van der Waals surface area contributed by atoms with Gasteiger partial charge >= 0.3 is 0 Å². The minimum absolute atomic E-state index is 0.326. The van der Waals surface area contributed by atoms with Gasteiger partial charge in [0, 0.05) is 31.4 Å². The summed E-state index contributed by atoms with van der Waals surface area (Å²) in [7, 11) is 0. The number of rotatable bonds is 3. The Morgan fingerprint density at radius 1 is 1.43 bits per heavy atom. The summed E-state index contributed by atoms with van der Waals surface area (Å²) in [6.45, 7) is 6.45. The third-order valence-corrected chi connectivity index (χ3v) is 2.53. The monoisotopic (exact) mass is 192 g/mol. The van der Waals surface area contributed by atoms with Crippen molar-refractivity contribution >= 4 is 0 Å². The Hall–Kier alpha value is -1.09. The number of nitrogens with zero attached hydrogens (tertiary/aromatic N) is 2. The van der Waals surface area contributed by atoms with Crippen LogP contribution >= 0.6 is 0 Å². The summed E-state index contributed by atoms with van der Waals surface area (Å²) in [5.41, 5.74) is 0. The SMILES string of the molecule is CC(C)N1CC(Oc2ccccn2)C1. The molecule has 1 fully saturated rings. The van der Waals surface area contributed by atoms with Crippen molar-refractivity contribution in [2.24, 2.45) is 0 Å². The van der Waals surface area contributed by atoms with Gasteiger partial charge in [-0.25, -0.2) is 4.98 Å². The molecule has 1 saturated heterocycles. The quantitative estimate of drug-likeness (QED) is 0.726. The molecule has 0 aromatic carbocycles. The highest BCUT2D eigenvalue weighted by atomic mass is 16.5. The van der Waals surface area contributed by atoms with Gasteiger partial charge in [0.05, 0.1) is 0 Å². The Kier molecular flexibility index (Phi) is 2.68. The van der Waals surface area contributed by atoms with E-state index in [9.17, 15) is 0 Å². The average Bonchev–Trinajstić information content (AvgIpc) is 2.12. The molecule has 0 aliphatic carbocycles. The molecule has 0 amide bonds. The Morgan fingerprint density at radius 3 is 2.79 bits per heavy atom. The lowest BCUT2D eigenvalue weighted by atomic mass is 10.1. The molecule has 2 rings (SSSR count). The molecule has 76 valence electrons. The second kappa shape index (κ2) is 3.96. The molecule has 1 aromatic heterocycles. The van der Waals surface area contributed by atoms with Crippen molar-refractivity contribution in [2.45, 2.75) is 26.0 Å². The van der Waals surface area contributed by atoms with Gasteiger partial charge in [0.1, 0.15) is 6.10 Å². The lowest BCUT2D eigenvalue weighted by molar-refractivity contribution is -0.00227. The Morgan fingerprint density at radius 2 is 2.21 bits per heavy atom. The average molecular weight is 192 g/mol. The fourth-order valence-corrected chi connectivity index (χ4v) is 1.55. The fourth-order valence-electron chi connectivity index (χ4n) is 1.55. The van der Waals surface area contributed by atoms with Crippen LogP contribution < -0.4 is 4.74 Å². The molecule has 1 aliphatic rings. The minimum Gasteiger partial charge on any atom is -0.472 e. The van der Waals surface area contributed by atoms with E-state index in [0.29, 0.717) is 12.1 Å². The molecule has 0 bridgehead atoms. The van der Waals surface area contributed by atoms with E-state index in [2.05, 4.69) is 23.7 Å². The van der Waals surface area contributed by atoms with Crippen LogP contribution in [0.2, 0.25) is 0 Å². The van der Waals surface area contributed by atoms with E-state index in [1.165, 1.54) is 0 Å². The van der Waals surface area contributed by atoms with Crippen LogP contribution in [0.15, 0.2) is 24.4 Å². The molecule has 1 aliphatic heterocycles. The Labute approximate surface area is 84.7 Å². The van der Waals surface area contributed by atoms with Crippen molar-refractivity contribution in [3.05, 3.63) is 24.4 Å². The highest BCUT2D eigenvalue weighted by Crippen LogP contribution is 2.17. The van der Waals surface area contributed by atoms with Crippen molar-refractivity contribution in [3.8, 4) is 5.88 Å². The predicted octanol–water partition coefficient (Wildman–Crippen LogP) is 1.55. The molecule has 3 nitrogen and oxygen atoms in total. The van der Waals surface area contributed by atoms with E-state index < -0.39 is 0 Å². The van der Waals surface area contributed by atoms with Gasteiger partial charge in [0.2, 0.25) is 5.88 Å². The molecule has 0 N–H and O–H groups in total. The number of hydrogen-bond acceptors (Lipinski definition) is 3. The van der Waals surface area contributed by atoms with Crippen LogP contribution in [0.5, 0.6) is 5.88 Å². The van der Waals surface area contributed by atoms with Gasteiger partial charge in [-0.2, -0.15) is 0 Å². The number of pyridine rings is 1. The van der Waals surface area contributed by atoms with Gasteiger partial charge in [-0.1, -0.05) is 6.07 Å². The predicted molar refractivity (Wildman–Crippen MR) is 55.4 cm³/mol. The second-order valence-electron chi connectivity index (χ2n) is 3.96. The van der Waals surface area contributed by atoms with Crippen LogP contribution in [0.3, 0.4) is 0 Å². The first-order chi connectivity index (χ1) is 6.75. The smallest absolute Gasteiger partial charge is 0.213 e. The zero-order chi connectivity index (χ0) is 9.97. The number of ether oxygens (including phenoxy) is 1. The summed E-state index contributed by atoms with van der Waals surface area (Å²) < 4.78 is 5.68. The largest absolute Gasteiger partial charge is 0.472 e. The first-order valence-corrected chi connectivity index (χ1v) is 5.07. The van der Waals surface area contributed by atoms with Gasteiger partial charge in [0.15, 0.2) is 0 Å². The van der Waals surface area contributed by atoms with Crippen LogP contribution in [0, 0.1) is 0 Å². The third-order valence-electron chi connectivity index (χ3n) is 2.53. The normalized spacial score (nSPS) is 18.2. The lowest BCUT2D eigenvalue weighted by Crippen LogP contribution is -2.56. The summed E-state index contributed by atoms with van der Waals surface area (Å²) in [5, 5.41) is 0. The molecule has 0 unspecified atom stereocenters. The van der Waals surface area contributed by atoms with E-state index in [1.54, 1.807) is 6.20 Å². The molecule has 1 aromatic rings. The number of hydrogen-bond donors (Lipinski definition) is 0. The maximum Gasteiger partial charge on any atom is 0.213 e. The maximum atomic E-state index is 5.68. The highest BCUT2D eigenvalue weighted by molar-refractivity contribution is 5.10. The molecule has 14 heavy (non-hydrogen) atoms. The number of aromatic nitrogens is 1. The Balaban J connectivity index is 1.80. The topological polar surface area (TPSA) is 25.4 Å². The van der Waals surface area contributed by atoms with Crippen LogP contribution in [-0.4, -0.2) is 35.1 Å². The van der Waals surface area contributed by atoms with Gasteiger partial charge in [-0.15, -0.1) is 0 Å². The fraction of sp³-hybridized carbons (Fsp3) is 0.545. The Bertz CT molecular complexity index is 281. The third kappa shape index (κ3) is 2.04. The van der Waals surface area contributed by atoms with E-state index in [1.807, 2.05) is 18.2 Å². The minimum atomic E-state index is 0.326. The van der Waals surface area contributed by atoms with E-state index in [4.69, 9.17) is 4.74 Å². The standard InChI is InChI=1S/C11H16N2O/c1-9(2)13-7-10(8-13)14-11-5-3-4-6-12-11/h3-6,9-10H,7-8H2,1-2H3. The van der Waals surface area contributed by atoms with E-state index in [-0.39, 0.29) is 0 Å². The summed E-state index contributed by atoms with van der Waals surface area (Å²) in [4.78, 5) is 6.51. The summed E-state index contributed by atoms with van der Waals surface area (Å²) >= 11 is 0. The van der Waals surface area contributed by atoms with Crippen LogP contribution in [0.1, 0.15) is 13.8 Å². The van der Waals surface area contributed by atoms with E-state index in [0.717, 1.165) is 19.0 Å². The summed E-state index contributed by atoms with van der Waals surface area (Å²) in [6.07, 6.45) is 2.08. The van der Waals surface area contributed by atoms with Crippen molar-refractivity contribution in [1.82, 2.24) is 9.88 Å². The first-order valence-electron chi connectivity index (χ1n) is 5.07. The molecule has 2 heterocycles. The van der Waals surface area contributed by atoms with Crippen LogP contribution in [-0.2, 0) is 0 Å². The van der Waals surface area contributed by atoms with Crippen molar-refractivity contribution in [3.63, 3.8) is 0 Å². The summed E-state index contributed by atoms with van der Waals surface area (Å²) in [6, 6.07) is 6.37. The maximum absolute atomic E-state index is 5.68. The molecule has 0 atom stereocenters.